The molecule has 2 aromatic rings. The largest absolute Gasteiger partial charge is 0.452 e. The van der Waals surface area contributed by atoms with Crippen molar-refractivity contribution in [2.24, 2.45) is 5.73 Å². The first-order valence-corrected chi connectivity index (χ1v) is 4.64. The van der Waals surface area contributed by atoms with E-state index in [1.165, 1.54) is 6.07 Å². The standard InChI is InChI=1S/C9H9F3N4/c10-9(11,12)8-15-14-7-3-1-2-6(4-5-13)16(7)8/h1-3H,4-5,13H2. The Morgan fingerprint density at radius 1 is 1.25 bits per heavy atom. The van der Waals surface area contributed by atoms with Crippen LogP contribution < -0.4 is 5.73 Å². The third-order valence-electron chi connectivity index (χ3n) is 2.16. The summed E-state index contributed by atoms with van der Waals surface area (Å²) in [5.41, 5.74) is 5.98. The summed E-state index contributed by atoms with van der Waals surface area (Å²) in [5, 5.41) is 6.64. The van der Waals surface area contributed by atoms with E-state index >= 15 is 0 Å². The summed E-state index contributed by atoms with van der Waals surface area (Å²) >= 11 is 0. The van der Waals surface area contributed by atoms with E-state index in [4.69, 9.17) is 5.73 Å². The smallest absolute Gasteiger partial charge is 0.330 e. The Bertz CT molecular complexity index is 503. The van der Waals surface area contributed by atoms with Crippen molar-refractivity contribution in [3.63, 3.8) is 0 Å². The lowest BCUT2D eigenvalue weighted by Gasteiger charge is -2.08. The van der Waals surface area contributed by atoms with Gasteiger partial charge in [-0.2, -0.15) is 13.2 Å². The molecule has 2 aromatic heterocycles. The highest BCUT2D eigenvalue weighted by molar-refractivity contribution is 5.40. The monoisotopic (exact) mass is 230 g/mol. The minimum absolute atomic E-state index is 0.179. The molecule has 0 unspecified atom stereocenters. The molecule has 7 heteroatoms. The molecule has 0 atom stereocenters. The second kappa shape index (κ2) is 3.75. The summed E-state index contributed by atoms with van der Waals surface area (Å²) in [4.78, 5) is 0. The number of pyridine rings is 1. The zero-order valence-electron chi connectivity index (χ0n) is 8.20. The number of hydrogen-bond donors (Lipinski definition) is 1. The zero-order chi connectivity index (χ0) is 11.8. The molecule has 2 N–H and O–H groups in total. The molecule has 0 aliphatic carbocycles. The molecular formula is C9H9F3N4. The molecule has 0 saturated carbocycles. The number of rotatable bonds is 2. The van der Waals surface area contributed by atoms with Gasteiger partial charge < -0.3 is 5.73 Å². The number of alkyl halides is 3. The van der Waals surface area contributed by atoms with E-state index in [-0.39, 0.29) is 12.2 Å². The van der Waals surface area contributed by atoms with Crippen molar-refractivity contribution in [3.8, 4) is 0 Å². The van der Waals surface area contributed by atoms with Gasteiger partial charge in [0.05, 0.1) is 0 Å². The highest BCUT2D eigenvalue weighted by atomic mass is 19.4. The molecule has 0 fully saturated rings. The molecule has 2 heterocycles. The lowest BCUT2D eigenvalue weighted by atomic mass is 10.2. The maximum atomic E-state index is 12.6. The lowest BCUT2D eigenvalue weighted by Crippen LogP contribution is -2.15. The van der Waals surface area contributed by atoms with Crippen LogP contribution in [-0.4, -0.2) is 21.1 Å². The number of fused-ring (bicyclic) bond motifs is 1. The number of aromatic nitrogens is 3. The minimum atomic E-state index is -4.51. The van der Waals surface area contributed by atoms with Gasteiger partial charge in [0, 0.05) is 12.1 Å². The highest BCUT2D eigenvalue weighted by Crippen LogP contribution is 2.28. The van der Waals surface area contributed by atoms with Crippen molar-refractivity contribution in [2.45, 2.75) is 12.6 Å². The molecule has 0 aliphatic rings. The van der Waals surface area contributed by atoms with Crippen LogP contribution >= 0.6 is 0 Å². The van der Waals surface area contributed by atoms with E-state index < -0.39 is 12.0 Å². The minimum Gasteiger partial charge on any atom is -0.330 e. The molecule has 0 amide bonds. The topological polar surface area (TPSA) is 56.2 Å². The summed E-state index contributed by atoms with van der Waals surface area (Å²) in [6.45, 7) is 0.272. The molecule has 0 saturated heterocycles. The van der Waals surface area contributed by atoms with Crippen molar-refractivity contribution in [2.75, 3.05) is 6.54 Å². The van der Waals surface area contributed by atoms with Crippen LogP contribution in [0.5, 0.6) is 0 Å². The van der Waals surface area contributed by atoms with Crippen LogP contribution in [0.1, 0.15) is 11.5 Å². The third kappa shape index (κ3) is 1.73. The number of nitrogens with zero attached hydrogens (tertiary/aromatic N) is 3. The maximum absolute atomic E-state index is 12.6. The van der Waals surface area contributed by atoms with Crippen LogP contribution in [0, 0.1) is 0 Å². The van der Waals surface area contributed by atoms with Crippen molar-refractivity contribution >= 4 is 5.65 Å². The first-order chi connectivity index (χ1) is 7.54. The Kier molecular flexibility index (Phi) is 2.55. The number of halogens is 3. The van der Waals surface area contributed by atoms with E-state index in [9.17, 15) is 13.2 Å². The van der Waals surface area contributed by atoms with Gasteiger partial charge in [-0.25, -0.2) is 0 Å². The quantitative estimate of drug-likeness (QED) is 0.844. The summed E-state index contributed by atoms with van der Waals surface area (Å²) in [6, 6.07) is 4.69. The average molecular weight is 230 g/mol. The SMILES string of the molecule is NCCc1cccc2nnc(C(F)(F)F)n12. The van der Waals surface area contributed by atoms with Crippen molar-refractivity contribution in [1.82, 2.24) is 14.6 Å². The Morgan fingerprint density at radius 3 is 2.62 bits per heavy atom. The van der Waals surface area contributed by atoms with Gasteiger partial charge in [0.2, 0.25) is 5.82 Å². The van der Waals surface area contributed by atoms with Crippen molar-refractivity contribution < 1.29 is 13.2 Å². The predicted octanol–water partition coefficient (Wildman–Crippen LogP) is 1.25. The summed E-state index contributed by atoms with van der Waals surface area (Å²) in [6.07, 6.45) is -4.16. The zero-order valence-corrected chi connectivity index (χ0v) is 8.20. The summed E-state index contributed by atoms with van der Waals surface area (Å²) < 4.78 is 38.8. The second-order valence-corrected chi connectivity index (χ2v) is 3.27. The van der Waals surface area contributed by atoms with Gasteiger partial charge in [-0.3, -0.25) is 4.40 Å². The van der Waals surface area contributed by atoms with Crippen LogP contribution in [0.25, 0.3) is 5.65 Å². The lowest BCUT2D eigenvalue weighted by molar-refractivity contribution is -0.145. The van der Waals surface area contributed by atoms with Crippen molar-refractivity contribution in [1.29, 1.82) is 0 Å². The Balaban J connectivity index is 2.68. The fraction of sp³-hybridized carbons (Fsp3) is 0.333. The van der Waals surface area contributed by atoms with Crippen LogP contribution in [0.4, 0.5) is 13.2 Å². The Hall–Kier alpha value is -1.63. The van der Waals surface area contributed by atoms with Crippen LogP contribution in [0.2, 0.25) is 0 Å². The molecule has 86 valence electrons. The first kappa shape index (κ1) is 10.9. The number of hydrogen-bond acceptors (Lipinski definition) is 3. The van der Waals surface area contributed by atoms with E-state index in [1.807, 2.05) is 0 Å². The van der Waals surface area contributed by atoms with E-state index in [0.29, 0.717) is 12.1 Å². The summed E-state index contributed by atoms with van der Waals surface area (Å²) in [5.74, 6) is -1.01. The normalized spacial score (nSPS) is 12.2. The molecule has 0 radical (unpaired) electrons. The molecular weight excluding hydrogens is 221 g/mol. The molecule has 0 spiro atoms. The fourth-order valence-electron chi connectivity index (χ4n) is 1.53. The van der Waals surface area contributed by atoms with Gasteiger partial charge >= 0.3 is 6.18 Å². The number of nitrogens with two attached hydrogens (primary N) is 1. The van der Waals surface area contributed by atoms with Crippen LogP contribution in [-0.2, 0) is 12.6 Å². The van der Waals surface area contributed by atoms with Gasteiger partial charge in [-0.15, -0.1) is 10.2 Å². The molecule has 4 nitrogen and oxygen atoms in total. The second-order valence-electron chi connectivity index (χ2n) is 3.27. The van der Waals surface area contributed by atoms with Crippen LogP contribution in [0.15, 0.2) is 18.2 Å². The Labute approximate surface area is 88.9 Å². The highest BCUT2D eigenvalue weighted by Gasteiger charge is 2.37. The maximum Gasteiger partial charge on any atom is 0.452 e. The fourth-order valence-corrected chi connectivity index (χ4v) is 1.53. The van der Waals surface area contributed by atoms with E-state index in [0.717, 1.165) is 4.40 Å². The van der Waals surface area contributed by atoms with E-state index in [1.54, 1.807) is 12.1 Å². The van der Waals surface area contributed by atoms with E-state index in [2.05, 4.69) is 10.2 Å². The van der Waals surface area contributed by atoms with Gasteiger partial charge in [-0.1, -0.05) is 6.07 Å². The molecule has 0 aromatic carbocycles. The van der Waals surface area contributed by atoms with Crippen molar-refractivity contribution in [3.05, 3.63) is 29.7 Å². The third-order valence-corrected chi connectivity index (χ3v) is 2.16. The molecule has 2 rings (SSSR count). The molecule has 0 aliphatic heterocycles. The summed E-state index contributed by atoms with van der Waals surface area (Å²) in [7, 11) is 0. The first-order valence-electron chi connectivity index (χ1n) is 4.64. The van der Waals surface area contributed by atoms with Gasteiger partial charge in [0.15, 0.2) is 5.65 Å². The predicted molar refractivity (Wildman–Crippen MR) is 50.7 cm³/mol. The van der Waals surface area contributed by atoms with Crippen LogP contribution in [0.3, 0.4) is 0 Å². The van der Waals surface area contributed by atoms with Gasteiger partial charge in [0.25, 0.3) is 0 Å². The van der Waals surface area contributed by atoms with Gasteiger partial charge in [0.1, 0.15) is 0 Å². The molecule has 16 heavy (non-hydrogen) atoms. The average Bonchev–Trinajstić information content (AvgIpc) is 2.62. The van der Waals surface area contributed by atoms with Gasteiger partial charge in [-0.05, 0) is 18.7 Å². The Morgan fingerprint density at radius 2 is 2.00 bits per heavy atom. The molecule has 0 bridgehead atoms.